The summed E-state index contributed by atoms with van der Waals surface area (Å²) < 4.78 is 58.5. The predicted octanol–water partition coefficient (Wildman–Crippen LogP) is 6.06. The molecule has 13 heteroatoms. The van der Waals surface area contributed by atoms with Gasteiger partial charge in [0, 0.05) is 13.0 Å². The van der Waals surface area contributed by atoms with Crippen molar-refractivity contribution in [2.75, 3.05) is 26.4 Å². The van der Waals surface area contributed by atoms with E-state index in [1.165, 1.54) is 32.1 Å². The van der Waals surface area contributed by atoms with E-state index in [2.05, 4.69) is 66.6 Å². The Labute approximate surface area is 300 Å². The molecule has 6 unspecified atom stereocenters. The summed E-state index contributed by atoms with van der Waals surface area (Å²) in [4.78, 5) is 12.7. The van der Waals surface area contributed by atoms with Gasteiger partial charge in [0.25, 0.3) is 0 Å². The molecule has 6 atom stereocenters. The zero-order chi connectivity index (χ0) is 36.9. The lowest BCUT2D eigenvalue weighted by Gasteiger charge is -2.41. The maximum absolute atomic E-state index is 12.7. The van der Waals surface area contributed by atoms with Crippen LogP contribution in [0.3, 0.4) is 0 Å². The van der Waals surface area contributed by atoms with Crippen molar-refractivity contribution in [1.29, 1.82) is 0 Å². The van der Waals surface area contributed by atoms with Crippen molar-refractivity contribution < 1.29 is 56.2 Å². The van der Waals surface area contributed by atoms with E-state index < -0.39 is 59.8 Å². The van der Waals surface area contributed by atoms with E-state index in [4.69, 9.17) is 23.5 Å². The fourth-order valence-corrected chi connectivity index (χ4v) is 5.70. The normalized spacial score (nSPS) is 22.4. The summed E-state index contributed by atoms with van der Waals surface area (Å²) in [6, 6.07) is 0. The number of aliphatic hydroxyl groups is 3. The smallest absolute Gasteiger partial charge is 0.397 e. The SMILES string of the molecule is CC/C=C\C/C=C\C/C=C\C/C=C\CCCCC(=O)OC(COCCCCCCCCCC)COC1OC(CO)C(O)C(OS(=O)(=O)O)C1O. The molecule has 290 valence electrons. The van der Waals surface area contributed by atoms with Crippen LogP contribution in [0.4, 0.5) is 0 Å². The van der Waals surface area contributed by atoms with Crippen LogP contribution in [-0.4, -0.2) is 97.5 Å². The molecule has 1 aliphatic heterocycles. The highest BCUT2D eigenvalue weighted by molar-refractivity contribution is 7.80. The predicted molar refractivity (Wildman–Crippen MR) is 193 cm³/mol. The van der Waals surface area contributed by atoms with E-state index in [-0.39, 0.29) is 19.6 Å². The number of carbonyl (C=O) groups is 1. The van der Waals surface area contributed by atoms with Crippen LogP contribution < -0.4 is 0 Å². The van der Waals surface area contributed by atoms with Gasteiger partial charge in [-0.3, -0.25) is 9.35 Å². The largest absolute Gasteiger partial charge is 0.457 e. The van der Waals surface area contributed by atoms with Crippen LogP contribution in [0.1, 0.15) is 117 Å². The van der Waals surface area contributed by atoms with Crippen LogP contribution in [0.2, 0.25) is 0 Å². The van der Waals surface area contributed by atoms with E-state index in [1.54, 1.807) is 0 Å². The third kappa shape index (κ3) is 23.5. The molecule has 1 aliphatic rings. The fraction of sp³-hybridized carbons (Fsp3) is 0.757. The molecule has 0 amide bonds. The molecule has 1 saturated heterocycles. The molecule has 0 bridgehead atoms. The third-order valence-corrected chi connectivity index (χ3v) is 8.43. The highest BCUT2D eigenvalue weighted by Gasteiger charge is 2.48. The third-order valence-electron chi connectivity index (χ3n) is 7.97. The molecule has 1 fully saturated rings. The van der Waals surface area contributed by atoms with Gasteiger partial charge < -0.3 is 34.3 Å². The standard InChI is InChI=1S/C37H64O12S/c1-3-5-7-9-11-13-14-15-16-17-18-19-20-22-24-26-33(39)47-31(29-45-27-25-23-21-12-10-8-6-4-2)30-46-37-35(41)36(49-50(42,43)44)34(40)32(28-38)48-37/h5,7,11,13,15-16,18-19,31-32,34-38,40-41H,3-4,6,8-10,12,14,17,20-30H2,1-2H3,(H,42,43,44)/b7-5-,13-11-,16-15-,19-18-. The van der Waals surface area contributed by atoms with Gasteiger partial charge in [-0.25, -0.2) is 4.18 Å². The first-order valence-electron chi connectivity index (χ1n) is 18.4. The Kier molecular flexibility index (Phi) is 27.3. The maximum atomic E-state index is 12.7. The van der Waals surface area contributed by atoms with E-state index in [0.717, 1.165) is 57.8 Å². The number of allylic oxidation sites excluding steroid dienone is 8. The molecule has 0 saturated carbocycles. The van der Waals surface area contributed by atoms with Gasteiger partial charge in [-0.2, -0.15) is 8.42 Å². The summed E-state index contributed by atoms with van der Waals surface area (Å²) in [5.41, 5.74) is 0. The summed E-state index contributed by atoms with van der Waals surface area (Å²) in [5, 5.41) is 30.4. The van der Waals surface area contributed by atoms with Gasteiger partial charge in [-0.1, -0.05) is 107 Å². The minimum atomic E-state index is -5.06. The fourth-order valence-electron chi connectivity index (χ4n) is 5.19. The molecule has 0 aromatic carbocycles. The summed E-state index contributed by atoms with van der Waals surface area (Å²) in [6.45, 7) is 3.75. The van der Waals surface area contributed by atoms with E-state index in [9.17, 15) is 28.5 Å². The van der Waals surface area contributed by atoms with Crippen LogP contribution in [0.5, 0.6) is 0 Å². The lowest BCUT2D eigenvalue weighted by atomic mass is 9.99. The summed E-state index contributed by atoms with van der Waals surface area (Å²) in [6.07, 6.45) is 23.2. The second kappa shape index (κ2) is 29.6. The molecule has 0 aromatic rings. The Balaban J connectivity index is 2.56. The molecule has 12 nitrogen and oxygen atoms in total. The Morgan fingerprint density at radius 1 is 0.780 bits per heavy atom. The monoisotopic (exact) mass is 732 g/mol. The average Bonchev–Trinajstić information content (AvgIpc) is 3.08. The zero-order valence-electron chi connectivity index (χ0n) is 30.2. The number of hydrogen-bond acceptors (Lipinski definition) is 11. The van der Waals surface area contributed by atoms with Crippen molar-refractivity contribution in [1.82, 2.24) is 0 Å². The molecule has 0 radical (unpaired) electrons. The first kappa shape index (κ1) is 46.1. The van der Waals surface area contributed by atoms with Crippen LogP contribution in [0, 0.1) is 0 Å². The molecule has 4 N–H and O–H groups in total. The van der Waals surface area contributed by atoms with E-state index in [1.807, 2.05) is 0 Å². The quantitative estimate of drug-likeness (QED) is 0.0291. The van der Waals surface area contributed by atoms with E-state index in [0.29, 0.717) is 13.0 Å². The minimum absolute atomic E-state index is 0.0179. The number of aliphatic hydroxyl groups excluding tert-OH is 3. The highest BCUT2D eigenvalue weighted by Crippen LogP contribution is 2.26. The van der Waals surface area contributed by atoms with Gasteiger partial charge in [0.15, 0.2) is 6.29 Å². The van der Waals surface area contributed by atoms with Gasteiger partial charge >= 0.3 is 16.4 Å². The second-order valence-corrected chi connectivity index (χ2v) is 13.5. The van der Waals surface area contributed by atoms with Gasteiger partial charge in [0.05, 0.1) is 19.8 Å². The van der Waals surface area contributed by atoms with Crippen molar-refractivity contribution in [3.05, 3.63) is 48.6 Å². The molecule has 0 aliphatic carbocycles. The molecule has 0 aromatic heterocycles. The number of carbonyl (C=O) groups excluding carboxylic acids is 1. The number of unbranched alkanes of at least 4 members (excludes halogenated alkanes) is 9. The summed E-state index contributed by atoms with van der Waals surface area (Å²) in [7, 11) is -5.06. The van der Waals surface area contributed by atoms with Crippen molar-refractivity contribution in [2.45, 2.75) is 153 Å². The summed E-state index contributed by atoms with van der Waals surface area (Å²) >= 11 is 0. The van der Waals surface area contributed by atoms with Crippen molar-refractivity contribution in [3.63, 3.8) is 0 Å². The lowest BCUT2D eigenvalue weighted by Crippen LogP contribution is -2.60. The van der Waals surface area contributed by atoms with Crippen LogP contribution >= 0.6 is 0 Å². The molecular weight excluding hydrogens is 668 g/mol. The topological polar surface area (TPSA) is 178 Å². The first-order chi connectivity index (χ1) is 24.1. The van der Waals surface area contributed by atoms with Crippen LogP contribution in [-0.2, 0) is 38.3 Å². The molecule has 1 rings (SSSR count). The van der Waals surface area contributed by atoms with Gasteiger partial charge in [0.1, 0.15) is 30.5 Å². The summed E-state index contributed by atoms with van der Waals surface area (Å²) in [5.74, 6) is -0.444. The Bertz CT molecular complexity index is 1070. The number of ether oxygens (including phenoxy) is 4. The van der Waals surface area contributed by atoms with Crippen molar-refractivity contribution >= 4 is 16.4 Å². The Hall–Kier alpha value is -1.94. The van der Waals surface area contributed by atoms with Crippen molar-refractivity contribution in [3.8, 4) is 0 Å². The minimum Gasteiger partial charge on any atom is -0.457 e. The van der Waals surface area contributed by atoms with Crippen LogP contribution in [0.25, 0.3) is 0 Å². The Morgan fingerprint density at radius 3 is 1.98 bits per heavy atom. The molecular formula is C37H64O12S. The molecule has 50 heavy (non-hydrogen) atoms. The average molecular weight is 733 g/mol. The first-order valence-corrected chi connectivity index (χ1v) is 19.8. The molecule has 1 heterocycles. The lowest BCUT2D eigenvalue weighted by molar-refractivity contribution is -0.301. The van der Waals surface area contributed by atoms with Gasteiger partial charge in [0.2, 0.25) is 0 Å². The highest BCUT2D eigenvalue weighted by atomic mass is 32.3. The van der Waals surface area contributed by atoms with Crippen LogP contribution in [0.15, 0.2) is 48.6 Å². The number of esters is 1. The Morgan fingerprint density at radius 2 is 1.38 bits per heavy atom. The van der Waals surface area contributed by atoms with Gasteiger partial charge in [-0.15, -0.1) is 0 Å². The zero-order valence-corrected chi connectivity index (χ0v) is 31.0. The number of rotatable bonds is 30. The second-order valence-electron chi connectivity index (χ2n) is 12.4. The van der Waals surface area contributed by atoms with E-state index >= 15 is 0 Å². The number of hydrogen-bond donors (Lipinski definition) is 4. The maximum Gasteiger partial charge on any atom is 0.397 e. The molecule has 0 spiro atoms. The van der Waals surface area contributed by atoms with Gasteiger partial charge in [-0.05, 0) is 51.4 Å². The van der Waals surface area contributed by atoms with Crippen molar-refractivity contribution in [2.24, 2.45) is 0 Å².